The van der Waals surface area contributed by atoms with Crippen molar-refractivity contribution in [3.8, 4) is 11.5 Å². The number of hydrogen-bond acceptors (Lipinski definition) is 5. The summed E-state index contributed by atoms with van der Waals surface area (Å²) in [7, 11) is 0. The fourth-order valence-electron chi connectivity index (χ4n) is 3.29. The molecule has 34 heavy (non-hydrogen) atoms. The summed E-state index contributed by atoms with van der Waals surface area (Å²) in [4.78, 5) is 15.0. The molecule has 1 amide bonds. The zero-order valence-electron chi connectivity index (χ0n) is 17.9. The molecule has 4 nitrogen and oxygen atoms in total. The van der Waals surface area contributed by atoms with Crippen molar-refractivity contribution in [3.05, 3.63) is 91.8 Å². The lowest BCUT2D eigenvalue weighted by molar-refractivity contribution is -0.113. The van der Waals surface area contributed by atoms with Gasteiger partial charge in [0.25, 0.3) is 5.91 Å². The maximum absolute atomic E-state index is 13.1. The lowest BCUT2D eigenvalue weighted by atomic mass is 10.1. The van der Waals surface area contributed by atoms with E-state index in [-0.39, 0.29) is 5.91 Å². The van der Waals surface area contributed by atoms with Crippen molar-refractivity contribution in [2.45, 2.75) is 13.5 Å². The van der Waals surface area contributed by atoms with Gasteiger partial charge in [-0.2, -0.15) is 0 Å². The molecule has 0 N–H and O–H groups in total. The predicted octanol–water partition coefficient (Wildman–Crippen LogP) is 8.03. The normalized spacial score (nSPS) is 14.7. The van der Waals surface area contributed by atoms with Gasteiger partial charge in [-0.05, 0) is 54.5 Å². The van der Waals surface area contributed by atoms with Crippen LogP contribution < -0.4 is 14.4 Å². The van der Waals surface area contributed by atoms with E-state index in [0.717, 1.165) is 5.56 Å². The SMILES string of the molecule is CCOc1cc(/C=C2/SC(=S)N(c3ccc(Cl)cc3Cl)C2=O)cc(Cl)c1OCc1ccccc1. The maximum atomic E-state index is 13.1. The van der Waals surface area contributed by atoms with Crippen molar-refractivity contribution < 1.29 is 14.3 Å². The Bertz CT molecular complexity index is 1280. The number of amides is 1. The number of thioether (sulfide) groups is 1. The van der Waals surface area contributed by atoms with Crippen LogP contribution in [0.25, 0.3) is 6.08 Å². The van der Waals surface area contributed by atoms with E-state index in [1.54, 1.807) is 36.4 Å². The maximum Gasteiger partial charge on any atom is 0.270 e. The molecule has 0 aromatic heterocycles. The van der Waals surface area contributed by atoms with Gasteiger partial charge in [-0.1, -0.05) is 89.1 Å². The highest BCUT2D eigenvalue weighted by molar-refractivity contribution is 8.27. The molecule has 0 bridgehead atoms. The minimum absolute atomic E-state index is 0.280. The molecule has 0 unspecified atom stereocenters. The first-order valence-electron chi connectivity index (χ1n) is 10.2. The molecular weight excluding hydrogens is 533 g/mol. The standard InChI is InChI=1S/C25H18Cl3NO3S2/c1-2-31-21-11-16(10-19(28)23(21)32-14-15-6-4-3-5-7-15)12-22-24(30)29(25(33)34-22)20-9-8-17(26)13-18(20)27/h3-13H,2,14H2,1H3/b22-12+. The van der Waals surface area contributed by atoms with Crippen LogP contribution in [0.5, 0.6) is 11.5 Å². The van der Waals surface area contributed by atoms with Crippen molar-refractivity contribution in [1.29, 1.82) is 0 Å². The highest BCUT2D eigenvalue weighted by Crippen LogP contribution is 2.42. The average molecular weight is 551 g/mol. The third-order valence-electron chi connectivity index (χ3n) is 4.80. The van der Waals surface area contributed by atoms with Crippen molar-refractivity contribution >= 4 is 80.8 Å². The highest BCUT2D eigenvalue weighted by Gasteiger charge is 2.34. The fourth-order valence-corrected chi connectivity index (χ4v) is 5.34. The molecule has 9 heteroatoms. The molecule has 1 aliphatic rings. The van der Waals surface area contributed by atoms with Crippen LogP contribution in [-0.4, -0.2) is 16.8 Å². The van der Waals surface area contributed by atoms with Gasteiger partial charge >= 0.3 is 0 Å². The Kier molecular flexibility index (Phi) is 8.06. The molecule has 0 saturated carbocycles. The van der Waals surface area contributed by atoms with Crippen LogP contribution in [-0.2, 0) is 11.4 Å². The Balaban J connectivity index is 1.62. The van der Waals surface area contributed by atoms with Crippen LogP contribution in [0.2, 0.25) is 15.1 Å². The van der Waals surface area contributed by atoms with E-state index in [1.165, 1.54) is 16.7 Å². The zero-order valence-corrected chi connectivity index (χ0v) is 21.8. The number of rotatable bonds is 7. The Morgan fingerprint density at radius 2 is 1.76 bits per heavy atom. The van der Waals surface area contributed by atoms with Crippen LogP contribution in [0.3, 0.4) is 0 Å². The first kappa shape index (κ1) is 24.9. The summed E-state index contributed by atoms with van der Waals surface area (Å²) < 4.78 is 12.1. The van der Waals surface area contributed by atoms with Gasteiger partial charge < -0.3 is 9.47 Å². The van der Waals surface area contributed by atoms with Crippen molar-refractivity contribution in [3.63, 3.8) is 0 Å². The van der Waals surface area contributed by atoms with E-state index in [0.29, 0.717) is 60.3 Å². The number of carbonyl (C=O) groups excluding carboxylic acids is 1. The highest BCUT2D eigenvalue weighted by atomic mass is 35.5. The summed E-state index contributed by atoms with van der Waals surface area (Å²) in [5.74, 6) is 0.663. The van der Waals surface area contributed by atoms with Gasteiger partial charge in [0.2, 0.25) is 0 Å². The number of ether oxygens (including phenoxy) is 2. The summed E-state index contributed by atoms with van der Waals surface area (Å²) >= 11 is 25.5. The van der Waals surface area contributed by atoms with Crippen molar-refractivity contribution in [2.75, 3.05) is 11.5 Å². The Hall–Kier alpha value is -2.22. The van der Waals surface area contributed by atoms with Gasteiger partial charge in [0.1, 0.15) is 6.61 Å². The molecule has 0 radical (unpaired) electrons. The van der Waals surface area contributed by atoms with Crippen LogP contribution in [0.4, 0.5) is 5.69 Å². The number of anilines is 1. The molecule has 1 fully saturated rings. The Labute approximate surface area is 222 Å². The molecule has 3 aromatic carbocycles. The van der Waals surface area contributed by atoms with Gasteiger partial charge in [0, 0.05) is 5.02 Å². The third-order valence-corrected chi connectivity index (χ3v) is 6.92. The monoisotopic (exact) mass is 549 g/mol. The van der Waals surface area contributed by atoms with Gasteiger partial charge in [0.15, 0.2) is 15.8 Å². The summed E-state index contributed by atoms with van der Waals surface area (Å²) in [6, 6.07) is 18.2. The minimum atomic E-state index is -0.280. The molecule has 1 aliphatic heterocycles. The topological polar surface area (TPSA) is 38.8 Å². The second-order valence-corrected chi connectivity index (χ2v) is 10.1. The molecule has 0 aliphatic carbocycles. The van der Waals surface area contributed by atoms with Gasteiger partial charge in [0.05, 0.1) is 27.2 Å². The first-order valence-corrected chi connectivity index (χ1v) is 12.6. The van der Waals surface area contributed by atoms with E-state index >= 15 is 0 Å². The molecule has 4 rings (SSSR count). The van der Waals surface area contributed by atoms with E-state index in [4.69, 9.17) is 56.5 Å². The number of carbonyl (C=O) groups is 1. The Morgan fingerprint density at radius 3 is 2.47 bits per heavy atom. The van der Waals surface area contributed by atoms with Gasteiger partial charge in [-0.3, -0.25) is 9.69 Å². The molecule has 1 saturated heterocycles. The summed E-state index contributed by atoms with van der Waals surface area (Å²) in [5.41, 5.74) is 2.17. The third kappa shape index (κ3) is 5.53. The van der Waals surface area contributed by atoms with Crippen molar-refractivity contribution in [2.24, 2.45) is 0 Å². The van der Waals surface area contributed by atoms with Crippen LogP contribution in [0.1, 0.15) is 18.1 Å². The summed E-state index contributed by atoms with van der Waals surface area (Å²) in [6.45, 7) is 2.65. The van der Waals surface area contributed by atoms with Gasteiger partial charge in [-0.15, -0.1) is 0 Å². The lowest BCUT2D eigenvalue weighted by Crippen LogP contribution is -2.27. The van der Waals surface area contributed by atoms with Gasteiger partial charge in [-0.25, -0.2) is 0 Å². The van der Waals surface area contributed by atoms with Crippen LogP contribution in [0, 0.1) is 0 Å². The second-order valence-electron chi connectivity index (χ2n) is 7.15. The number of nitrogens with zero attached hydrogens (tertiary/aromatic N) is 1. The quantitative estimate of drug-likeness (QED) is 0.220. The Morgan fingerprint density at radius 1 is 1.00 bits per heavy atom. The van der Waals surface area contributed by atoms with E-state index in [2.05, 4.69) is 0 Å². The van der Waals surface area contributed by atoms with E-state index < -0.39 is 0 Å². The van der Waals surface area contributed by atoms with E-state index in [1.807, 2.05) is 37.3 Å². The summed E-state index contributed by atoms with van der Waals surface area (Å²) in [5, 5.41) is 1.19. The smallest absolute Gasteiger partial charge is 0.270 e. The molecular formula is C25H18Cl3NO3S2. The van der Waals surface area contributed by atoms with Crippen molar-refractivity contribution in [1.82, 2.24) is 0 Å². The molecule has 0 spiro atoms. The molecule has 0 atom stereocenters. The average Bonchev–Trinajstić information content (AvgIpc) is 3.07. The molecule has 174 valence electrons. The number of thiocarbonyl (C=S) groups is 1. The number of benzene rings is 3. The zero-order chi connectivity index (χ0) is 24.2. The number of hydrogen-bond donors (Lipinski definition) is 0. The van der Waals surface area contributed by atoms with E-state index in [9.17, 15) is 4.79 Å². The lowest BCUT2D eigenvalue weighted by Gasteiger charge is -2.16. The largest absolute Gasteiger partial charge is 0.490 e. The fraction of sp³-hybridized carbons (Fsp3) is 0.120. The molecule has 3 aromatic rings. The molecule has 1 heterocycles. The second kappa shape index (κ2) is 11.0. The first-order chi connectivity index (χ1) is 16.4. The van der Waals surface area contributed by atoms with Crippen LogP contribution in [0.15, 0.2) is 65.6 Å². The van der Waals surface area contributed by atoms with Crippen LogP contribution >= 0.6 is 58.8 Å². The summed E-state index contributed by atoms with van der Waals surface area (Å²) in [6.07, 6.45) is 1.72. The minimum Gasteiger partial charge on any atom is -0.490 e. The predicted molar refractivity (Wildman–Crippen MR) is 146 cm³/mol. The number of halogens is 3.